The van der Waals surface area contributed by atoms with E-state index in [1.165, 1.54) is 0 Å². The van der Waals surface area contributed by atoms with Crippen LogP contribution >= 0.6 is 0 Å². The molecule has 0 amide bonds. The monoisotopic (exact) mass is 268 g/mol. The van der Waals surface area contributed by atoms with Gasteiger partial charge < -0.3 is 0 Å². The average Bonchev–Trinajstić information content (AvgIpc) is 2.67. The third kappa shape index (κ3) is 3.69. The molecule has 2 rings (SSSR count). The van der Waals surface area contributed by atoms with Crippen molar-refractivity contribution in [2.24, 2.45) is 0 Å². The van der Waals surface area contributed by atoms with Gasteiger partial charge in [0.05, 0.1) is 0 Å². The first-order valence-corrected chi connectivity index (χ1v) is 5.49. The van der Waals surface area contributed by atoms with Crippen LogP contribution in [0.2, 0.25) is 0 Å². The molecular weight excluding hydrogens is 262 g/mol. The van der Waals surface area contributed by atoms with Crippen LogP contribution in [0.25, 0.3) is 0 Å². The fourth-order valence-corrected chi connectivity index (χ4v) is 1.41. The van der Waals surface area contributed by atoms with E-state index in [9.17, 15) is 0 Å². The molecule has 0 unspecified atom stereocenters. The van der Waals surface area contributed by atoms with Crippen LogP contribution in [0.5, 0.6) is 0 Å². The Morgan fingerprint density at radius 1 is 0.600 bits per heavy atom. The van der Waals surface area contributed by atoms with Crippen LogP contribution in [0.15, 0.2) is 24.8 Å². The molecule has 2 heterocycles. The Bertz CT molecular complexity index is 154. The molecule has 10 heavy (non-hydrogen) atoms. The maximum atomic E-state index is 3.80. The molecule has 4 nitrogen and oxygen atoms in total. The second-order valence-corrected chi connectivity index (χ2v) is 3.64. The number of nitrogens with zero attached hydrogens (tertiary/aromatic N) is 4. The third-order valence-electron chi connectivity index (χ3n) is 0.565. The summed E-state index contributed by atoms with van der Waals surface area (Å²) in [7, 11) is 0. The van der Waals surface area contributed by atoms with Crippen molar-refractivity contribution in [1.82, 2.24) is 15.9 Å². The first kappa shape index (κ1) is 7.82. The Kier molecular flexibility index (Phi) is 4.30. The Morgan fingerprint density at radius 2 is 0.900 bits per heavy atom. The van der Waals surface area contributed by atoms with Crippen molar-refractivity contribution < 1.29 is 0 Å². The molecule has 0 aliphatic heterocycles. The van der Waals surface area contributed by atoms with Gasteiger partial charge in [0, 0.05) is 0 Å². The van der Waals surface area contributed by atoms with Crippen LogP contribution in [-0.2, 0) is 0 Å². The molecule has 0 aromatic carbocycles. The number of hydrogen-bond acceptors (Lipinski definition) is 4. The summed E-state index contributed by atoms with van der Waals surface area (Å²) in [6.07, 6.45) is 6.89. The van der Waals surface area contributed by atoms with E-state index in [0.717, 1.165) is 0 Å². The van der Waals surface area contributed by atoms with Gasteiger partial charge in [-0.05, 0) is 0 Å². The van der Waals surface area contributed by atoms with Gasteiger partial charge >= 0.3 is 70.6 Å². The fourth-order valence-electron chi connectivity index (χ4n) is 0.272. The van der Waals surface area contributed by atoms with E-state index >= 15 is 0 Å². The molecule has 0 saturated carbocycles. The molecule has 2 aromatic rings. The van der Waals surface area contributed by atoms with Crippen molar-refractivity contribution in [3.8, 4) is 0 Å². The topological polar surface area (TPSA) is 51.6 Å². The van der Waals surface area contributed by atoms with E-state index in [4.69, 9.17) is 0 Å². The Balaban J connectivity index is 0.0000001000. The Morgan fingerprint density at radius 3 is 1.00 bits per heavy atom. The zero-order chi connectivity index (χ0) is 7.07. The van der Waals surface area contributed by atoms with Crippen molar-refractivity contribution in [1.29, 1.82) is 0 Å². The van der Waals surface area contributed by atoms with Crippen molar-refractivity contribution in [3.05, 3.63) is 24.8 Å². The normalized spacial score (nSPS) is 8.00. The second kappa shape index (κ2) is 5.50. The van der Waals surface area contributed by atoms with Gasteiger partial charge in [-0.15, -0.1) is 0 Å². The SMILES string of the molecule is c1cn[se]n1.c1cn[se]n1. The zero-order valence-corrected chi connectivity index (χ0v) is 8.34. The van der Waals surface area contributed by atoms with E-state index in [-0.39, 0.29) is 29.9 Å². The fraction of sp³-hybridized carbons (Fsp3) is 0. The van der Waals surface area contributed by atoms with Crippen molar-refractivity contribution in [2.75, 3.05) is 0 Å². The molecule has 52 valence electrons. The maximum absolute atomic E-state index is 3.80. The van der Waals surface area contributed by atoms with E-state index < -0.39 is 0 Å². The molecule has 0 saturated heterocycles. The van der Waals surface area contributed by atoms with Crippen LogP contribution in [0.1, 0.15) is 0 Å². The van der Waals surface area contributed by atoms with Gasteiger partial charge in [-0.2, -0.15) is 0 Å². The van der Waals surface area contributed by atoms with Gasteiger partial charge in [0.25, 0.3) is 0 Å². The van der Waals surface area contributed by atoms with Crippen LogP contribution < -0.4 is 0 Å². The van der Waals surface area contributed by atoms with Gasteiger partial charge in [0.15, 0.2) is 0 Å². The predicted octanol–water partition coefficient (Wildman–Crippen LogP) is -0.933. The molecule has 0 spiro atoms. The van der Waals surface area contributed by atoms with Crippen LogP contribution in [-0.4, -0.2) is 45.8 Å². The van der Waals surface area contributed by atoms with Crippen LogP contribution in [0.3, 0.4) is 0 Å². The molecule has 0 radical (unpaired) electrons. The van der Waals surface area contributed by atoms with Gasteiger partial charge in [-0.1, -0.05) is 0 Å². The molecule has 0 aliphatic carbocycles. The Hall–Kier alpha value is -0.281. The van der Waals surface area contributed by atoms with Gasteiger partial charge in [0.1, 0.15) is 0 Å². The van der Waals surface area contributed by atoms with Gasteiger partial charge in [-0.3, -0.25) is 0 Å². The minimum atomic E-state index is 0.208. The van der Waals surface area contributed by atoms with E-state index in [0.29, 0.717) is 0 Å². The van der Waals surface area contributed by atoms with Crippen molar-refractivity contribution in [2.45, 2.75) is 0 Å². The second-order valence-electron chi connectivity index (χ2n) is 1.18. The molecule has 0 fully saturated rings. The molecule has 0 N–H and O–H groups in total. The number of hydrogen-bond donors (Lipinski definition) is 0. The van der Waals surface area contributed by atoms with Crippen molar-refractivity contribution in [3.63, 3.8) is 0 Å². The average molecular weight is 266 g/mol. The molecule has 6 heteroatoms. The van der Waals surface area contributed by atoms with Crippen molar-refractivity contribution >= 4 is 29.9 Å². The summed E-state index contributed by atoms with van der Waals surface area (Å²) in [6.45, 7) is 0. The summed E-state index contributed by atoms with van der Waals surface area (Å²) >= 11 is 0.417. The molecular formula is C4H4N4Se2. The Labute approximate surface area is 70.8 Å². The third-order valence-corrected chi connectivity index (χ3v) is 2.38. The van der Waals surface area contributed by atoms with E-state index in [1.807, 2.05) is 0 Å². The minimum absolute atomic E-state index is 0.208. The molecule has 0 atom stereocenters. The molecule has 0 aliphatic rings. The van der Waals surface area contributed by atoms with E-state index in [2.05, 4.69) is 15.9 Å². The summed E-state index contributed by atoms with van der Waals surface area (Å²) in [5.41, 5.74) is 0. The standard InChI is InChI=1S/2C2H2N2Se/c2*1-2-4-5-3-1/h2*1-2H. The van der Waals surface area contributed by atoms with Gasteiger partial charge in [0.2, 0.25) is 0 Å². The summed E-state index contributed by atoms with van der Waals surface area (Å²) in [4.78, 5) is 0. The predicted molar refractivity (Wildman–Crippen MR) is 37.9 cm³/mol. The van der Waals surface area contributed by atoms with Crippen LogP contribution in [0, 0.1) is 0 Å². The molecule has 0 bridgehead atoms. The summed E-state index contributed by atoms with van der Waals surface area (Å²) in [6, 6.07) is 0. The van der Waals surface area contributed by atoms with Gasteiger partial charge in [-0.25, -0.2) is 0 Å². The first-order chi connectivity index (χ1) is 5.00. The summed E-state index contributed by atoms with van der Waals surface area (Å²) < 4.78 is 15.2. The molecule has 2 aromatic heterocycles. The number of rotatable bonds is 0. The van der Waals surface area contributed by atoms with E-state index in [1.54, 1.807) is 24.8 Å². The first-order valence-electron chi connectivity index (χ1n) is 2.43. The zero-order valence-electron chi connectivity index (χ0n) is 4.91. The quantitative estimate of drug-likeness (QED) is 0.578. The summed E-state index contributed by atoms with van der Waals surface area (Å²) in [5, 5.41) is 0. The number of aromatic nitrogens is 4. The summed E-state index contributed by atoms with van der Waals surface area (Å²) in [5.74, 6) is 0. The van der Waals surface area contributed by atoms with Crippen LogP contribution in [0.4, 0.5) is 0 Å².